The first-order valence-electron chi connectivity index (χ1n) is 5.25. The SMILES string of the molecule is C=C1c2cc(/C=C/OCC)ccc2SN1C. The Morgan fingerprint density at radius 2 is 2.31 bits per heavy atom. The van der Waals surface area contributed by atoms with Crippen molar-refractivity contribution in [2.45, 2.75) is 11.8 Å². The largest absolute Gasteiger partial charge is 0.501 e. The van der Waals surface area contributed by atoms with Crippen LogP contribution in [0.1, 0.15) is 18.1 Å². The van der Waals surface area contributed by atoms with Gasteiger partial charge in [0.2, 0.25) is 0 Å². The second-order valence-electron chi connectivity index (χ2n) is 3.55. The van der Waals surface area contributed by atoms with E-state index in [2.05, 4.69) is 29.1 Å². The molecule has 1 aromatic carbocycles. The summed E-state index contributed by atoms with van der Waals surface area (Å²) in [4.78, 5) is 1.26. The summed E-state index contributed by atoms with van der Waals surface area (Å²) in [5, 5.41) is 0. The third kappa shape index (κ3) is 2.09. The first-order valence-corrected chi connectivity index (χ1v) is 6.03. The molecule has 2 rings (SSSR count). The fourth-order valence-corrected chi connectivity index (χ4v) is 2.46. The predicted molar refractivity (Wildman–Crippen MR) is 69.8 cm³/mol. The van der Waals surface area contributed by atoms with Crippen LogP contribution < -0.4 is 0 Å². The van der Waals surface area contributed by atoms with E-state index < -0.39 is 0 Å². The van der Waals surface area contributed by atoms with E-state index in [4.69, 9.17) is 4.74 Å². The topological polar surface area (TPSA) is 12.5 Å². The van der Waals surface area contributed by atoms with E-state index >= 15 is 0 Å². The molecule has 0 spiro atoms. The van der Waals surface area contributed by atoms with Crippen molar-refractivity contribution in [3.05, 3.63) is 42.2 Å². The van der Waals surface area contributed by atoms with Gasteiger partial charge in [0, 0.05) is 23.2 Å². The van der Waals surface area contributed by atoms with Gasteiger partial charge in [-0.15, -0.1) is 0 Å². The second kappa shape index (κ2) is 4.66. The molecular weight excluding hydrogens is 218 g/mol. The molecule has 0 aromatic heterocycles. The summed E-state index contributed by atoms with van der Waals surface area (Å²) < 4.78 is 7.27. The van der Waals surface area contributed by atoms with Crippen LogP contribution in [-0.2, 0) is 4.74 Å². The molecule has 1 aliphatic rings. The fourth-order valence-electron chi connectivity index (χ4n) is 1.55. The Morgan fingerprint density at radius 1 is 1.50 bits per heavy atom. The van der Waals surface area contributed by atoms with Crippen LogP contribution in [0.3, 0.4) is 0 Å². The lowest BCUT2D eigenvalue weighted by Crippen LogP contribution is -1.97. The molecule has 0 radical (unpaired) electrons. The molecule has 1 aliphatic heterocycles. The van der Waals surface area contributed by atoms with E-state index in [1.54, 1.807) is 18.2 Å². The zero-order valence-electron chi connectivity index (χ0n) is 9.56. The van der Waals surface area contributed by atoms with Gasteiger partial charge in [-0.2, -0.15) is 0 Å². The summed E-state index contributed by atoms with van der Waals surface area (Å²) >= 11 is 1.71. The van der Waals surface area contributed by atoms with Crippen LogP contribution >= 0.6 is 11.9 Å². The highest BCUT2D eigenvalue weighted by Gasteiger charge is 2.19. The van der Waals surface area contributed by atoms with Gasteiger partial charge in [-0.25, -0.2) is 0 Å². The second-order valence-corrected chi connectivity index (χ2v) is 4.72. The normalized spacial score (nSPS) is 14.6. The molecule has 0 saturated heterocycles. The Balaban J connectivity index is 2.24. The summed E-state index contributed by atoms with van der Waals surface area (Å²) in [6.45, 7) is 6.74. The molecule has 0 amide bonds. The zero-order chi connectivity index (χ0) is 11.5. The van der Waals surface area contributed by atoms with Gasteiger partial charge in [-0.1, -0.05) is 12.6 Å². The van der Waals surface area contributed by atoms with E-state index in [-0.39, 0.29) is 0 Å². The number of hydrogen-bond donors (Lipinski definition) is 0. The molecule has 0 unspecified atom stereocenters. The molecule has 0 aliphatic carbocycles. The molecule has 0 atom stereocenters. The zero-order valence-corrected chi connectivity index (χ0v) is 10.4. The third-order valence-electron chi connectivity index (χ3n) is 2.45. The highest BCUT2D eigenvalue weighted by molar-refractivity contribution is 7.97. The van der Waals surface area contributed by atoms with Gasteiger partial charge in [-0.3, -0.25) is 0 Å². The van der Waals surface area contributed by atoms with Crippen LogP contribution in [-0.4, -0.2) is 18.0 Å². The van der Waals surface area contributed by atoms with E-state index in [0.29, 0.717) is 6.61 Å². The smallest absolute Gasteiger partial charge is 0.0845 e. The van der Waals surface area contributed by atoms with Crippen LogP contribution in [0.15, 0.2) is 35.9 Å². The minimum absolute atomic E-state index is 0.701. The molecule has 16 heavy (non-hydrogen) atoms. The number of nitrogens with zero attached hydrogens (tertiary/aromatic N) is 1. The van der Waals surface area contributed by atoms with Crippen molar-refractivity contribution in [1.29, 1.82) is 0 Å². The Morgan fingerprint density at radius 3 is 3.06 bits per heavy atom. The predicted octanol–water partition coefficient (Wildman–Crippen LogP) is 3.62. The van der Waals surface area contributed by atoms with Crippen molar-refractivity contribution in [1.82, 2.24) is 4.31 Å². The molecule has 1 aromatic rings. The van der Waals surface area contributed by atoms with Crippen molar-refractivity contribution in [3.8, 4) is 0 Å². The standard InChI is InChI=1S/C13H15NOS/c1-4-15-8-7-11-5-6-13-12(9-11)10(2)14(3)16-13/h5-9H,2,4H2,1,3H3/b8-7+. The maximum absolute atomic E-state index is 5.19. The van der Waals surface area contributed by atoms with E-state index in [0.717, 1.165) is 11.3 Å². The van der Waals surface area contributed by atoms with Crippen molar-refractivity contribution in [2.24, 2.45) is 0 Å². The Bertz CT molecular complexity index is 440. The van der Waals surface area contributed by atoms with Crippen molar-refractivity contribution >= 4 is 23.7 Å². The van der Waals surface area contributed by atoms with Crippen molar-refractivity contribution in [3.63, 3.8) is 0 Å². The maximum Gasteiger partial charge on any atom is 0.0845 e. The van der Waals surface area contributed by atoms with Crippen molar-refractivity contribution < 1.29 is 4.74 Å². The molecular formula is C13H15NOS. The fraction of sp³-hybridized carbons (Fsp3) is 0.231. The Hall–Kier alpha value is -1.35. The van der Waals surface area contributed by atoms with E-state index in [1.165, 1.54) is 10.5 Å². The third-order valence-corrected chi connectivity index (χ3v) is 3.50. The molecule has 0 bridgehead atoms. The number of benzene rings is 1. The molecule has 2 nitrogen and oxygen atoms in total. The lowest BCUT2D eigenvalue weighted by molar-refractivity contribution is 0.272. The molecule has 0 fully saturated rings. The van der Waals surface area contributed by atoms with Crippen LogP contribution in [0.2, 0.25) is 0 Å². The molecule has 0 N–H and O–H groups in total. The number of ether oxygens (including phenoxy) is 1. The van der Waals surface area contributed by atoms with Crippen LogP contribution in [0.4, 0.5) is 0 Å². The van der Waals surface area contributed by atoms with Crippen LogP contribution in [0.5, 0.6) is 0 Å². The average Bonchev–Trinajstić information content (AvgIpc) is 2.56. The molecule has 1 heterocycles. The molecule has 84 valence electrons. The van der Waals surface area contributed by atoms with Gasteiger partial charge in [0.05, 0.1) is 12.9 Å². The van der Waals surface area contributed by atoms with Gasteiger partial charge >= 0.3 is 0 Å². The lowest BCUT2D eigenvalue weighted by Gasteiger charge is -2.08. The monoisotopic (exact) mass is 233 g/mol. The number of fused-ring (bicyclic) bond motifs is 1. The Labute approximate surface area is 101 Å². The van der Waals surface area contributed by atoms with Crippen molar-refractivity contribution in [2.75, 3.05) is 13.7 Å². The quantitative estimate of drug-likeness (QED) is 0.584. The Kier molecular flexibility index (Phi) is 3.25. The minimum Gasteiger partial charge on any atom is -0.501 e. The van der Waals surface area contributed by atoms with Crippen LogP contribution in [0.25, 0.3) is 11.8 Å². The first-order chi connectivity index (χ1) is 7.72. The summed E-state index contributed by atoms with van der Waals surface area (Å²) in [7, 11) is 2.03. The van der Waals surface area contributed by atoms with Gasteiger partial charge in [-0.05, 0) is 42.6 Å². The average molecular weight is 233 g/mol. The van der Waals surface area contributed by atoms with E-state index in [9.17, 15) is 0 Å². The molecule has 0 saturated carbocycles. The highest BCUT2D eigenvalue weighted by Crippen LogP contribution is 2.41. The van der Waals surface area contributed by atoms with E-state index in [1.807, 2.05) is 20.0 Å². The van der Waals surface area contributed by atoms with Gasteiger partial charge in [0.15, 0.2) is 0 Å². The molecule has 3 heteroatoms. The number of rotatable bonds is 3. The summed E-state index contributed by atoms with van der Waals surface area (Å²) in [6.07, 6.45) is 3.70. The summed E-state index contributed by atoms with van der Waals surface area (Å²) in [5.41, 5.74) is 3.42. The van der Waals surface area contributed by atoms with Gasteiger partial charge < -0.3 is 9.04 Å². The van der Waals surface area contributed by atoms with Crippen LogP contribution in [0, 0.1) is 0 Å². The van der Waals surface area contributed by atoms with Gasteiger partial charge in [0.25, 0.3) is 0 Å². The maximum atomic E-state index is 5.19. The summed E-state index contributed by atoms with van der Waals surface area (Å²) in [6, 6.07) is 6.36. The van der Waals surface area contributed by atoms with Gasteiger partial charge in [0.1, 0.15) is 0 Å². The lowest BCUT2D eigenvalue weighted by atomic mass is 10.1. The summed E-state index contributed by atoms with van der Waals surface area (Å²) in [5.74, 6) is 0. The minimum atomic E-state index is 0.701. The first kappa shape index (κ1) is 11.1. The number of hydrogen-bond acceptors (Lipinski definition) is 3. The highest BCUT2D eigenvalue weighted by atomic mass is 32.2.